The minimum atomic E-state index is -5.24. The number of benzene rings is 2. The van der Waals surface area contributed by atoms with Gasteiger partial charge in [0.15, 0.2) is 5.72 Å². The van der Waals surface area contributed by atoms with Crippen molar-refractivity contribution >= 4 is 87.0 Å². The van der Waals surface area contributed by atoms with Crippen LogP contribution in [0.2, 0.25) is 5.02 Å². The number of nitrogens with two attached hydrogens (primary N) is 1. The predicted octanol–water partition coefficient (Wildman–Crippen LogP) is 7.14. The fourth-order valence-electron chi connectivity index (χ4n) is 11.0. The molecule has 12 atom stereocenters. The van der Waals surface area contributed by atoms with Gasteiger partial charge >= 0.3 is 30.2 Å². The molecular weight excluding hydrogens is 1300 g/mol. The first kappa shape index (κ1) is 75.9. The Labute approximate surface area is 547 Å². The molecule has 0 aliphatic carbocycles. The number of nitrogens with one attached hydrogen (secondary N) is 5. The smallest absolute Gasteiger partial charge is 0.417 e. The molecule has 510 valence electrons. The largest absolute Gasteiger partial charge is 0.495 e. The number of ether oxygens (including phenoxy) is 6. The van der Waals surface area contributed by atoms with Gasteiger partial charge in [0.25, 0.3) is 5.91 Å². The number of hydrogen-bond acceptors (Lipinski definition) is 18. The van der Waals surface area contributed by atoms with Crippen molar-refractivity contribution in [2.75, 3.05) is 50.4 Å². The number of allylic oxidation sites excluding steroid dienone is 3. The molecule has 2 unspecified atom stereocenters. The number of carbonyl (C=O) groups is 8. The number of fused-ring (bicyclic) bond motifs is 5. The molecule has 0 radical (unpaired) electrons. The van der Waals surface area contributed by atoms with Gasteiger partial charge in [0.1, 0.15) is 64.9 Å². The number of carbonyl (C=O) groups excluding carboxylic acids is 8. The fourth-order valence-corrected chi connectivity index (χ4v) is 11.5. The van der Waals surface area contributed by atoms with Gasteiger partial charge in [-0.15, -0.1) is 0 Å². The lowest BCUT2D eigenvalue weighted by Crippen LogP contribution is -2.63. The Balaban J connectivity index is 1.40. The number of halogens is 5. The molecule has 2 aromatic rings. The zero-order valence-electron chi connectivity index (χ0n) is 53.8. The number of epoxide rings is 1. The van der Waals surface area contributed by atoms with Gasteiger partial charge in [-0.05, 0) is 115 Å². The van der Waals surface area contributed by atoms with Crippen molar-refractivity contribution in [2.24, 2.45) is 17.6 Å². The highest BCUT2D eigenvalue weighted by atomic mass is 79.9. The first-order valence-electron chi connectivity index (χ1n) is 30.0. The van der Waals surface area contributed by atoms with Crippen LogP contribution in [0.4, 0.5) is 34.1 Å². The molecule has 0 saturated carbocycles. The van der Waals surface area contributed by atoms with E-state index in [2.05, 4.69) is 49.1 Å². The molecule has 4 bridgehead atoms. The van der Waals surface area contributed by atoms with E-state index in [0.29, 0.717) is 42.9 Å². The summed E-state index contributed by atoms with van der Waals surface area (Å²) in [5.74, 6) is -5.68. The van der Waals surface area contributed by atoms with Crippen LogP contribution in [0.1, 0.15) is 122 Å². The Morgan fingerprint density at radius 3 is 2.37 bits per heavy atom. The van der Waals surface area contributed by atoms with Crippen molar-refractivity contribution in [3.05, 3.63) is 88.0 Å². The van der Waals surface area contributed by atoms with E-state index in [1.54, 1.807) is 79.0 Å². The number of likely N-dealkylation sites (N-methyl/N-ethyl adjacent to an activating group) is 1. The molecule has 9 N–H and O–H groups in total. The number of esters is 2. The summed E-state index contributed by atoms with van der Waals surface area (Å²) in [5.41, 5.74) is 0.0600. The summed E-state index contributed by atoms with van der Waals surface area (Å²) in [6.45, 7) is 16.7. The molecule has 3 aliphatic rings. The summed E-state index contributed by atoms with van der Waals surface area (Å²) in [4.78, 5) is 108. The number of alkyl carbamates (subject to hydrolysis) is 1. The van der Waals surface area contributed by atoms with E-state index in [1.807, 2.05) is 6.92 Å². The minimum absolute atomic E-state index is 0.0470. The topological polar surface area (TPSA) is 328 Å². The van der Waals surface area contributed by atoms with E-state index in [9.17, 15) is 48.6 Å². The summed E-state index contributed by atoms with van der Waals surface area (Å²) in [6.07, 6.45) is -5.82. The fraction of sp³-hybridized carbons (Fsp3) is 0.587. The summed E-state index contributed by atoms with van der Waals surface area (Å²) < 4.78 is 80.5. The first-order valence-corrected chi connectivity index (χ1v) is 31.5. The third-order valence-electron chi connectivity index (χ3n) is 16.7. The second kappa shape index (κ2) is 32.3. The van der Waals surface area contributed by atoms with E-state index in [-0.39, 0.29) is 53.9 Å². The molecule has 5 rings (SSSR count). The van der Waals surface area contributed by atoms with Gasteiger partial charge in [-0.3, -0.25) is 25.0 Å². The zero-order chi connectivity index (χ0) is 69.0. The number of urea groups is 1. The van der Waals surface area contributed by atoms with Crippen LogP contribution < -0.4 is 42.0 Å². The van der Waals surface area contributed by atoms with Crippen LogP contribution in [0.15, 0.2) is 66.3 Å². The molecule has 2 fully saturated rings. The highest BCUT2D eigenvalue weighted by Crippen LogP contribution is 2.50. The summed E-state index contributed by atoms with van der Waals surface area (Å²) in [6, 6.07) is -0.103. The van der Waals surface area contributed by atoms with Crippen molar-refractivity contribution < 1.29 is 90.2 Å². The lowest BCUT2D eigenvalue weighted by atomic mass is 9.83. The number of methoxy groups -OCH3 is 2. The number of hydrogen-bond donors (Lipinski definition) is 8. The highest BCUT2D eigenvalue weighted by molar-refractivity contribution is 9.09. The minimum Gasteiger partial charge on any atom is -0.495 e. The number of rotatable bonds is 25. The first-order chi connectivity index (χ1) is 42.9. The third kappa shape index (κ3) is 19.9. The Bertz CT molecular complexity index is 3100. The van der Waals surface area contributed by atoms with Gasteiger partial charge in [0.05, 0.1) is 42.1 Å². The molecule has 92 heavy (non-hydrogen) atoms. The number of amides is 6. The Morgan fingerprint density at radius 1 is 1.08 bits per heavy atom. The number of aliphatic hydroxyl groups excluding tert-OH is 1. The quantitative estimate of drug-likeness (QED) is 0.00931. The number of anilines is 2. The highest BCUT2D eigenvalue weighted by Gasteiger charge is 2.64. The summed E-state index contributed by atoms with van der Waals surface area (Å²) in [7, 11) is 5.41. The van der Waals surface area contributed by atoms with Crippen molar-refractivity contribution in [3.8, 4) is 5.75 Å². The number of alkyl halides is 4. The van der Waals surface area contributed by atoms with Crippen molar-refractivity contribution in [3.63, 3.8) is 0 Å². The molecule has 2 saturated heterocycles. The Kier molecular flexibility index (Phi) is 26.7. The maximum absolute atomic E-state index is 15.2. The van der Waals surface area contributed by atoms with E-state index in [1.165, 1.54) is 26.0 Å². The molecule has 24 nitrogen and oxygen atoms in total. The van der Waals surface area contributed by atoms with Gasteiger partial charge in [-0.25, -0.2) is 19.2 Å². The summed E-state index contributed by atoms with van der Waals surface area (Å²) >= 11 is 10.0. The van der Waals surface area contributed by atoms with Crippen LogP contribution in [0.3, 0.4) is 0 Å². The third-order valence-corrected chi connectivity index (χ3v) is 17.7. The van der Waals surface area contributed by atoms with Crippen LogP contribution in [0, 0.1) is 11.8 Å². The van der Waals surface area contributed by atoms with Gasteiger partial charge in [0, 0.05) is 63.1 Å². The second-order valence-corrected chi connectivity index (χ2v) is 25.6. The van der Waals surface area contributed by atoms with Gasteiger partial charge in [0.2, 0.25) is 11.8 Å². The van der Waals surface area contributed by atoms with Crippen LogP contribution in [-0.4, -0.2) is 175 Å². The van der Waals surface area contributed by atoms with Crippen molar-refractivity contribution in [1.29, 1.82) is 0 Å². The normalized spacial score (nSPS) is 24.9. The monoisotopic (exact) mass is 1380 g/mol. The second-order valence-electron chi connectivity index (χ2n) is 24.6. The molecule has 3 heterocycles. The van der Waals surface area contributed by atoms with Crippen LogP contribution in [0.25, 0.3) is 0 Å². The Morgan fingerprint density at radius 2 is 1.76 bits per heavy atom. The maximum Gasteiger partial charge on any atom is 0.417 e. The standard InChI is InChI=1S/C63H87BrClF3N8O16/c1-33(2)51(71-40(32-77)18-15-23-60(7,8)92-56(82)35(4)31-64)54(80)73-43(19-16-24-70-58(69)84)53(79)72-39-21-22-41(42(28-39)63(66,67)68)55(81)75(10)37(6)57(83)90-48-29-49(78)76(11)44-26-38(27-45(87-12)50(44)65)25-34(3)17-14-20-47(88-13)62(86)30-46(89-59(85)74-62)36(5)52-61(48,9)91-52/h14,17,20-22,26-28,32-33,36-37,40,43,46-49,51-52,71,78,86H,4,15-16,18-19,23-25,29-31H2,1-3,5-13H3,(H,72,79)(H,73,80)(H,74,85)(H3,69,70,84)/b20-14+,34-17+/t36-,37+,40?,43+,46+,47-,48+,49?,51+,52+,61+,62+/m1/s1. The van der Waals surface area contributed by atoms with E-state index in [4.69, 9.17) is 45.8 Å². The Hall–Kier alpha value is -6.82. The molecule has 2 aromatic carbocycles. The van der Waals surface area contributed by atoms with E-state index < -0.39 is 155 Å². The zero-order valence-corrected chi connectivity index (χ0v) is 56.1. The number of nitrogens with zero attached hydrogens (tertiary/aromatic N) is 2. The van der Waals surface area contributed by atoms with Crippen LogP contribution in [-0.2, 0) is 60.3 Å². The molecular formula is C63H87BrClF3N8O16. The van der Waals surface area contributed by atoms with Gasteiger partial charge in [-0.1, -0.05) is 78.7 Å². The van der Waals surface area contributed by atoms with Crippen LogP contribution >= 0.6 is 27.5 Å². The predicted molar refractivity (Wildman–Crippen MR) is 339 cm³/mol. The van der Waals surface area contributed by atoms with E-state index in [0.717, 1.165) is 29.7 Å². The maximum atomic E-state index is 15.2. The van der Waals surface area contributed by atoms with Crippen LogP contribution in [0.5, 0.6) is 5.75 Å². The molecule has 3 aliphatic heterocycles. The molecule has 6 amide bonds. The number of aldehydes is 1. The summed E-state index contributed by atoms with van der Waals surface area (Å²) in [5, 5.41) is 37.2. The molecule has 29 heteroatoms. The van der Waals surface area contributed by atoms with Gasteiger partial charge in [-0.2, -0.15) is 13.2 Å². The number of primary amides is 1. The average molecular weight is 1380 g/mol. The number of aliphatic hydroxyl groups is 2. The lowest BCUT2D eigenvalue weighted by molar-refractivity contribution is -0.159. The molecule has 0 spiro atoms. The average Bonchev–Trinajstić information content (AvgIpc) is 1.56. The molecule has 0 aromatic heterocycles. The SMILES string of the molecule is C=C(CBr)C(=O)OC(C)(C)CCCC(C=O)N[C@H](C(=O)N[C@@H](CCCNC(N)=O)C(=O)Nc1ccc(C(=O)N(C)[C@@H](C)C(=O)O[C@H]2CC(O)N(C)c3cc(cc(OC)c3Cl)C/C(C)=C/C=C/[C@@H](OC)[C@@]3(O)C[C@H](OC(=O)N3)[C@@H](C)[C@@H]3O[C@@]23C)c(C(F)(F)F)c1)C(C)C. The van der Waals surface area contributed by atoms with Crippen molar-refractivity contribution in [1.82, 2.24) is 26.2 Å². The van der Waals surface area contributed by atoms with E-state index >= 15 is 13.2 Å². The lowest BCUT2D eigenvalue weighted by Gasteiger charge is -2.42. The van der Waals surface area contributed by atoms with Crippen molar-refractivity contribution in [2.45, 2.75) is 185 Å². The van der Waals surface area contributed by atoms with Gasteiger partial charge < -0.3 is 74.9 Å².